The van der Waals surface area contributed by atoms with Crippen LogP contribution in [0.1, 0.15) is 0 Å². The zero-order valence-corrected chi connectivity index (χ0v) is 6.03. The number of epoxide rings is 1. The molecule has 1 aliphatic rings. The van der Waals surface area contributed by atoms with Crippen molar-refractivity contribution in [2.24, 2.45) is 0 Å². The first-order chi connectivity index (χ1) is 5.29. The molecule has 0 radical (unpaired) electrons. The van der Waals surface area contributed by atoms with Crippen LogP contribution < -0.4 is 0 Å². The highest BCUT2D eigenvalue weighted by Crippen LogP contribution is 2.13. The third-order valence-electron chi connectivity index (χ3n) is 1.05. The number of benzene rings is 1. The van der Waals surface area contributed by atoms with E-state index in [1.54, 1.807) is 0 Å². The molecule has 0 bridgehead atoms. The first-order valence-electron chi connectivity index (χ1n) is 3.35. The van der Waals surface area contributed by atoms with Crippen molar-refractivity contribution in [1.82, 2.24) is 0 Å². The number of rotatable bonds is 0. The molecule has 0 unspecified atom stereocenters. The van der Waals surface area contributed by atoms with E-state index in [0.29, 0.717) is 0 Å². The van der Waals surface area contributed by atoms with Gasteiger partial charge in [0.15, 0.2) is 0 Å². The predicted molar refractivity (Wildman–Crippen MR) is 40.6 cm³/mol. The van der Waals surface area contributed by atoms with E-state index >= 15 is 0 Å². The summed E-state index contributed by atoms with van der Waals surface area (Å²) < 4.78 is 4.50. The van der Waals surface area contributed by atoms with Crippen LogP contribution in [0.5, 0.6) is 11.5 Å². The lowest BCUT2D eigenvalue weighted by atomic mass is 10.3. The lowest BCUT2D eigenvalue weighted by molar-refractivity contribution is 0.460. The molecule has 11 heavy (non-hydrogen) atoms. The maximum Gasteiger partial charge on any atom is 0.115 e. The van der Waals surface area contributed by atoms with E-state index in [1.807, 2.05) is 0 Å². The molecule has 0 spiro atoms. The van der Waals surface area contributed by atoms with Gasteiger partial charge in [-0.1, -0.05) is 0 Å². The summed E-state index contributed by atoms with van der Waals surface area (Å²) in [7, 11) is 0. The lowest BCUT2D eigenvalue weighted by Gasteiger charge is -1.88. The number of hydrogen-bond donors (Lipinski definition) is 2. The van der Waals surface area contributed by atoms with E-state index < -0.39 is 0 Å². The zero-order chi connectivity index (χ0) is 8.10. The van der Waals surface area contributed by atoms with Gasteiger partial charge in [0.2, 0.25) is 0 Å². The van der Waals surface area contributed by atoms with Crippen molar-refractivity contribution in [3.05, 3.63) is 24.3 Å². The fraction of sp³-hybridized carbons (Fsp3) is 0.250. The smallest absolute Gasteiger partial charge is 0.115 e. The molecule has 3 heteroatoms. The Morgan fingerprint density at radius 2 is 1.18 bits per heavy atom. The summed E-state index contributed by atoms with van der Waals surface area (Å²) in [4.78, 5) is 0. The number of ether oxygens (including phenoxy) is 1. The van der Waals surface area contributed by atoms with Gasteiger partial charge in [-0.2, -0.15) is 0 Å². The molecule has 0 aliphatic carbocycles. The summed E-state index contributed by atoms with van der Waals surface area (Å²) in [6.45, 7) is 2.00. The standard InChI is InChI=1S/C6H6O2.C2H4O/c7-5-1-2-6(8)4-3-5;1-2-3-1/h1-4,7-8H;1-2H2. The molecule has 1 aliphatic heterocycles. The van der Waals surface area contributed by atoms with Crippen molar-refractivity contribution < 1.29 is 14.9 Å². The predicted octanol–water partition coefficient (Wildman–Crippen LogP) is 1.11. The van der Waals surface area contributed by atoms with Gasteiger partial charge in [-0.3, -0.25) is 0 Å². The van der Waals surface area contributed by atoms with Crippen LogP contribution >= 0.6 is 0 Å². The Hall–Kier alpha value is -1.22. The Kier molecular flexibility index (Phi) is 2.74. The van der Waals surface area contributed by atoms with Gasteiger partial charge in [0.1, 0.15) is 11.5 Å². The van der Waals surface area contributed by atoms with E-state index in [2.05, 4.69) is 4.74 Å². The topological polar surface area (TPSA) is 53.0 Å². The Balaban J connectivity index is 0.000000167. The van der Waals surface area contributed by atoms with Gasteiger partial charge in [-0.15, -0.1) is 0 Å². The fourth-order valence-corrected chi connectivity index (χ4v) is 0.453. The molecule has 2 rings (SSSR count). The van der Waals surface area contributed by atoms with E-state index in [0.717, 1.165) is 13.2 Å². The minimum Gasteiger partial charge on any atom is -0.508 e. The Labute approximate surface area is 64.9 Å². The maximum atomic E-state index is 8.65. The monoisotopic (exact) mass is 154 g/mol. The number of phenolic OH excluding ortho intramolecular Hbond substituents is 2. The first-order valence-corrected chi connectivity index (χ1v) is 3.35. The number of phenols is 2. The Morgan fingerprint density at radius 1 is 0.909 bits per heavy atom. The van der Waals surface area contributed by atoms with Crippen molar-refractivity contribution in [1.29, 1.82) is 0 Å². The lowest BCUT2D eigenvalue weighted by Crippen LogP contribution is -1.61. The average molecular weight is 154 g/mol. The van der Waals surface area contributed by atoms with Crippen LogP contribution in [0, 0.1) is 0 Å². The van der Waals surface area contributed by atoms with E-state index in [1.165, 1.54) is 24.3 Å². The van der Waals surface area contributed by atoms with Crippen molar-refractivity contribution in [2.75, 3.05) is 13.2 Å². The minimum absolute atomic E-state index is 0.169. The summed E-state index contributed by atoms with van der Waals surface area (Å²) in [6.07, 6.45) is 0. The number of aromatic hydroxyl groups is 2. The molecule has 1 saturated heterocycles. The van der Waals surface area contributed by atoms with E-state index in [9.17, 15) is 0 Å². The van der Waals surface area contributed by atoms with Crippen LogP contribution in [-0.4, -0.2) is 23.4 Å². The molecule has 1 aromatic rings. The molecule has 1 aromatic carbocycles. The van der Waals surface area contributed by atoms with Crippen LogP contribution in [0.4, 0.5) is 0 Å². The van der Waals surface area contributed by atoms with E-state index in [4.69, 9.17) is 10.2 Å². The summed E-state index contributed by atoms with van der Waals surface area (Å²) in [6, 6.07) is 5.70. The summed E-state index contributed by atoms with van der Waals surface area (Å²) >= 11 is 0. The second kappa shape index (κ2) is 3.83. The van der Waals surface area contributed by atoms with Gasteiger partial charge in [0, 0.05) is 0 Å². The molecule has 3 nitrogen and oxygen atoms in total. The van der Waals surface area contributed by atoms with Crippen LogP contribution in [0.25, 0.3) is 0 Å². The molecule has 1 fully saturated rings. The summed E-state index contributed by atoms with van der Waals surface area (Å²) in [5.74, 6) is 0.339. The maximum absolute atomic E-state index is 8.65. The highest BCUT2D eigenvalue weighted by Gasteiger charge is 1.94. The van der Waals surface area contributed by atoms with Gasteiger partial charge in [-0.25, -0.2) is 0 Å². The summed E-state index contributed by atoms with van der Waals surface area (Å²) in [5, 5.41) is 17.3. The highest BCUT2D eigenvalue weighted by atomic mass is 16.6. The quantitative estimate of drug-likeness (QED) is 0.435. The SMILES string of the molecule is C1CO1.Oc1ccc(O)cc1. The zero-order valence-electron chi connectivity index (χ0n) is 6.03. The fourth-order valence-electron chi connectivity index (χ4n) is 0.453. The third-order valence-corrected chi connectivity index (χ3v) is 1.05. The van der Waals surface area contributed by atoms with Gasteiger partial charge in [-0.05, 0) is 24.3 Å². The second-order valence-corrected chi connectivity index (χ2v) is 2.13. The summed E-state index contributed by atoms with van der Waals surface area (Å²) in [5.41, 5.74) is 0. The molecule has 2 N–H and O–H groups in total. The van der Waals surface area contributed by atoms with Gasteiger partial charge >= 0.3 is 0 Å². The normalized spacial score (nSPS) is 13.1. The van der Waals surface area contributed by atoms with Crippen molar-refractivity contribution in [3.63, 3.8) is 0 Å². The Morgan fingerprint density at radius 3 is 1.36 bits per heavy atom. The molecule has 0 aromatic heterocycles. The van der Waals surface area contributed by atoms with Crippen LogP contribution in [0.3, 0.4) is 0 Å². The molecule has 1 heterocycles. The van der Waals surface area contributed by atoms with Crippen LogP contribution in [-0.2, 0) is 4.74 Å². The first kappa shape index (κ1) is 7.88. The van der Waals surface area contributed by atoms with Crippen molar-refractivity contribution in [2.45, 2.75) is 0 Å². The van der Waals surface area contributed by atoms with Crippen molar-refractivity contribution in [3.8, 4) is 11.5 Å². The van der Waals surface area contributed by atoms with Gasteiger partial charge < -0.3 is 14.9 Å². The minimum atomic E-state index is 0.169. The Bertz CT molecular complexity index is 179. The molecule has 0 atom stereocenters. The largest absolute Gasteiger partial charge is 0.508 e. The molecule has 0 saturated carbocycles. The van der Waals surface area contributed by atoms with Gasteiger partial charge in [0.25, 0.3) is 0 Å². The average Bonchev–Trinajstić information content (AvgIpc) is 2.80. The molecular weight excluding hydrogens is 144 g/mol. The third kappa shape index (κ3) is 4.22. The van der Waals surface area contributed by atoms with Gasteiger partial charge in [0.05, 0.1) is 13.2 Å². The van der Waals surface area contributed by atoms with Crippen LogP contribution in [0.2, 0.25) is 0 Å². The molecule has 60 valence electrons. The molecule has 0 amide bonds. The highest BCUT2D eigenvalue weighted by molar-refractivity contribution is 5.28. The van der Waals surface area contributed by atoms with Crippen LogP contribution in [0.15, 0.2) is 24.3 Å². The van der Waals surface area contributed by atoms with E-state index in [-0.39, 0.29) is 11.5 Å². The second-order valence-electron chi connectivity index (χ2n) is 2.13. The van der Waals surface area contributed by atoms with Crippen molar-refractivity contribution >= 4 is 0 Å². The molecular formula is C8H10O3. The number of hydrogen-bond acceptors (Lipinski definition) is 3.